The van der Waals surface area contributed by atoms with E-state index in [4.69, 9.17) is 4.74 Å². The Hall–Kier alpha value is -5.08. The number of rotatable bonds is 3. The number of hydrogen-bond donors (Lipinski definition) is 0. The lowest BCUT2D eigenvalue weighted by Gasteiger charge is -2.34. The zero-order chi connectivity index (χ0) is 27.6. The summed E-state index contributed by atoms with van der Waals surface area (Å²) in [5.41, 5.74) is 10.8. The van der Waals surface area contributed by atoms with Crippen LogP contribution >= 0.6 is 0 Å². The summed E-state index contributed by atoms with van der Waals surface area (Å²) in [5, 5.41) is 2.55. The van der Waals surface area contributed by atoms with Crippen molar-refractivity contribution in [2.45, 2.75) is 19.3 Å². The average Bonchev–Trinajstić information content (AvgIpc) is 3.36. The molecule has 1 aliphatic rings. The van der Waals surface area contributed by atoms with Gasteiger partial charge in [0.25, 0.3) is 0 Å². The van der Waals surface area contributed by atoms with E-state index < -0.39 is 0 Å². The molecule has 0 bridgehead atoms. The maximum absolute atomic E-state index is 6.29. The van der Waals surface area contributed by atoms with E-state index in [1.54, 1.807) is 0 Å². The van der Waals surface area contributed by atoms with Crippen molar-refractivity contribution in [3.05, 3.63) is 151 Å². The van der Waals surface area contributed by atoms with Crippen LogP contribution in [0.15, 0.2) is 140 Å². The Morgan fingerprint density at radius 1 is 0.512 bits per heavy atom. The molecule has 1 aliphatic heterocycles. The first-order chi connectivity index (χ1) is 20.1. The molecule has 8 rings (SSSR count). The summed E-state index contributed by atoms with van der Waals surface area (Å²) in [6, 6.07) is 50.0. The van der Waals surface area contributed by atoms with Crippen LogP contribution in [0.2, 0.25) is 0 Å². The molecule has 0 N–H and O–H groups in total. The van der Waals surface area contributed by atoms with Crippen LogP contribution in [-0.4, -0.2) is 4.57 Å². The van der Waals surface area contributed by atoms with Gasteiger partial charge in [0.15, 0.2) is 0 Å². The van der Waals surface area contributed by atoms with E-state index in [0.29, 0.717) is 0 Å². The van der Waals surface area contributed by atoms with Crippen LogP contribution in [0.3, 0.4) is 0 Å². The van der Waals surface area contributed by atoms with E-state index in [-0.39, 0.29) is 5.41 Å². The van der Waals surface area contributed by atoms with Gasteiger partial charge in [-0.15, -0.1) is 0 Å². The smallest absolute Gasteiger partial charge is 0.131 e. The molecule has 0 amide bonds. The molecule has 0 saturated carbocycles. The van der Waals surface area contributed by atoms with Gasteiger partial charge in [0.1, 0.15) is 11.5 Å². The van der Waals surface area contributed by atoms with Crippen molar-refractivity contribution < 1.29 is 4.74 Å². The largest absolute Gasteiger partial charge is 0.457 e. The summed E-state index contributed by atoms with van der Waals surface area (Å²) in [7, 11) is 0. The molecule has 0 radical (unpaired) electrons. The highest BCUT2D eigenvalue weighted by Gasteiger charge is 2.34. The summed E-state index contributed by atoms with van der Waals surface area (Å²) in [6.45, 7) is 4.57. The minimum Gasteiger partial charge on any atom is -0.457 e. The Bertz CT molecular complexity index is 2080. The third kappa shape index (κ3) is 3.64. The van der Waals surface area contributed by atoms with E-state index >= 15 is 0 Å². The zero-order valence-electron chi connectivity index (χ0n) is 23.1. The van der Waals surface area contributed by atoms with Gasteiger partial charge in [-0.05, 0) is 64.7 Å². The molecule has 2 heterocycles. The van der Waals surface area contributed by atoms with Crippen LogP contribution in [-0.2, 0) is 5.41 Å². The molecule has 196 valence electrons. The van der Waals surface area contributed by atoms with Gasteiger partial charge in [-0.25, -0.2) is 0 Å². The number of nitrogens with zero attached hydrogens (tertiary/aromatic N) is 1. The lowest BCUT2D eigenvalue weighted by Crippen LogP contribution is -2.24. The van der Waals surface area contributed by atoms with E-state index in [1.165, 1.54) is 60.9 Å². The molecule has 41 heavy (non-hydrogen) atoms. The number of ether oxygens (including phenoxy) is 1. The van der Waals surface area contributed by atoms with Gasteiger partial charge in [0.2, 0.25) is 0 Å². The average molecular weight is 528 g/mol. The van der Waals surface area contributed by atoms with Crippen LogP contribution in [0.4, 0.5) is 0 Å². The van der Waals surface area contributed by atoms with Crippen molar-refractivity contribution >= 4 is 21.8 Å². The van der Waals surface area contributed by atoms with Crippen LogP contribution in [0.25, 0.3) is 49.7 Å². The van der Waals surface area contributed by atoms with Gasteiger partial charge in [0.05, 0.1) is 11.0 Å². The van der Waals surface area contributed by atoms with Crippen molar-refractivity contribution in [1.82, 2.24) is 4.57 Å². The van der Waals surface area contributed by atoms with Crippen LogP contribution in [0.1, 0.15) is 25.0 Å². The number of fused-ring (bicyclic) bond motifs is 5. The molecule has 0 aliphatic carbocycles. The van der Waals surface area contributed by atoms with Crippen molar-refractivity contribution in [3.63, 3.8) is 0 Å². The first kappa shape index (κ1) is 23.8. The van der Waals surface area contributed by atoms with E-state index in [1.807, 2.05) is 6.07 Å². The second-order valence-electron chi connectivity index (χ2n) is 11.4. The third-order valence-corrected chi connectivity index (χ3v) is 8.67. The number of aromatic nitrogens is 1. The minimum absolute atomic E-state index is 0.136. The van der Waals surface area contributed by atoms with Crippen molar-refractivity contribution in [2.75, 3.05) is 0 Å². The summed E-state index contributed by atoms with van der Waals surface area (Å²) < 4.78 is 8.66. The predicted molar refractivity (Wildman–Crippen MR) is 170 cm³/mol. The highest BCUT2D eigenvalue weighted by molar-refractivity contribution is 6.15. The molecule has 0 spiro atoms. The fraction of sp³-hybridized carbons (Fsp3) is 0.0769. The van der Waals surface area contributed by atoms with Crippen molar-refractivity contribution in [1.29, 1.82) is 0 Å². The summed E-state index contributed by atoms with van der Waals surface area (Å²) in [5.74, 6) is 1.89. The second-order valence-corrected chi connectivity index (χ2v) is 11.4. The minimum atomic E-state index is -0.136. The Labute approximate surface area is 240 Å². The van der Waals surface area contributed by atoms with E-state index in [9.17, 15) is 0 Å². The molecule has 2 nitrogen and oxygen atoms in total. The molecule has 0 unspecified atom stereocenters. The molecule has 0 saturated heterocycles. The monoisotopic (exact) mass is 527 g/mol. The normalized spacial score (nSPS) is 13.5. The van der Waals surface area contributed by atoms with Gasteiger partial charge in [-0.3, -0.25) is 0 Å². The van der Waals surface area contributed by atoms with Gasteiger partial charge in [0, 0.05) is 33.0 Å². The van der Waals surface area contributed by atoms with Crippen LogP contribution in [0.5, 0.6) is 11.5 Å². The van der Waals surface area contributed by atoms with Crippen LogP contribution < -0.4 is 4.74 Å². The number of para-hydroxylation sites is 3. The summed E-state index contributed by atoms with van der Waals surface area (Å²) >= 11 is 0. The van der Waals surface area contributed by atoms with Gasteiger partial charge < -0.3 is 9.30 Å². The van der Waals surface area contributed by atoms with Crippen molar-refractivity contribution in [2.24, 2.45) is 0 Å². The SMILES string of the molecule is CC1(C)c2ccccc2Oc2ccc(-c3ccc(-c4cccc5c4c4ccccc4n5-c4ccccc4)cc3)cc21. The predicted octanol–water partition coefficient (Wildman–Crippen LogP) is 10.5. The molecule has 0 fully saturated rings. The lowest BCUT2D eigenvalue weighted by atomic mass is 9.75. The molecule has 2 heteroatoms. The fourth-order valence-electron chi connectivity index (χ4n) is 6.58. The van der Waals surface area contributed by atoms with E-state index in [0.717, 1.165) is 11.5 Å². The maximum atomic E-state index is 6.29. The molecule has 6 aromatic carbocycles. The van der Waals surface area contributed by atoms with Crippen molar-refractivity contribution in [3.8, 4) is 39.4 Å². The Morgan fingerprint density at radius 3 is 2.02 bits per heavy atom. The Morgan fingerprint density at radius 2 is 1.17 bits per heavy atom. The zero-order valence-corrected chi connectivity index (χ0v) is 23.1. The Kier molecular flexibility index (Phi) is 5.20. The third-order valence-electron chi connectivity index (χ3n) is 8.67. The summed E-state index contributed by atoms with van der Waals surface area (Å²) in [6.07, 6.45) is 0. The molecular weight excluding hydrogens is 498 g/mol. The Balaban J connectivity index is 1.23. The fourth-order valence-corrected chi connectivity index (χ4v) is 6.58. The van der Waals surface area contributed by atoms with Crippen LogP contribution in [0, 0.1) is 0 Å². The topological polar surface area (TPSA) is 14.2 Å². The molecule has 7 aromatic rings. The van der Waals surface area contributed by atoms with Gasteiger partial charge in [-0.2, -0.15) is 0 Å². The quantitative estimate of drug-likeness (QED) is 0.223. The number of benzene rings is 6. The van der Waals surface area contributed by atoms with Gasteiger partial charge in [-0.1, -0.05) is 111 Å². The highest BCUT2D eigenvalue weighted by atomic mass is 16.5. The molecule has 0 atom stereocenters. The lowest BCUT2D eigenvalue weighted by molar-refractivity contribution is 0.418. The first-order valence-electron chi connectivity index (χ1n) is 14.2. The number of hydrogen-bond acceptors (Lipinski definition) is 1. The molecule has 1 aromatic heterocycles. The first-order valence-corrected chi connectivity index (χ1v) is 14.2. The summed E-state index contributed by atoms with van der Waals surface area (Å²) in [4.78, 5) is 0. The van der Waals surface area contributed by atoms with Gasteiger partial charge >= 0.3 is 0 Å². The standard InChI is InChI=1S/C39H29NO/c1-39(2)32-15-7-9-18-36(32)41-37-24-23-28(25-33(37)39)26-19-21-27(22-20-26)30-14-10-17-35-38(30)31-13-6-8-16-34(31)40(35)29-11-4-3-5-12-29/h3-25H,1-2H3. The second kappa shape index (κ2) is 8.97. The van der Waals surface area contributed by atoms with E-state index in [2.05, 4.69) is 152 Å². The molecular formula is C39H29NO. The maximum Gasteiger partial charge on any atom is 0.131 e. The highest BCUT2D eigenvalue weighted by Crippen LogP contribution is 2.48.